The molecule has 0 unspecified atom stereocenters. The van der Waals surface area contributed by atoms with Crippen LogP contribution >= 0.6 is 0 Å². The Kier molecular flexibility index (Phi) is 5.73. The Morgan fingerprint density at radius 1 is 1.10 bits per heavy atom. The summed E-state index contributed by atoms with van der Waals surface area (Å²) in [5.74, 6) is -0.991. The summed E-state index contributed by atoms with van der Waals surface area (Å²) in [6.07, 6.45) is 1.15. The first-order valence-corrected chi connectivity index (χ1v) is 7.33. The average Bonchev–Trinajstić information content (AvgIpc) is 2.45. The normalized spacial score (nSPS) is 16.6. The van der Waals surface area contributed by atoms with Gasteiger partial charge in [0.2, 0.25) is 0 Å². The lowest BCUT2D eigenvalue weighted by Gasteiger charge is -2.36. The zero-order valence-electron chi connectivity index (χ0n) is 12.0. The largest absolute Gasteiger partial charge is 0.367 e. The van der Waals surface area contributed by atoms with Crippen LogP contribution in [0.15, 0.2) is 18.2 Å². The molecule has 0 bridgehead atoms. The molecular formula is C15H23F2N3. The monoisotopic (exact) mass is 283 g/mol. The number of nitrogens with zero attached hydrogens (tertiary/aromatic N) is 2. The number of rotatable bonds is 6. The van der Waals surface area contributed by atoms with Gasteiger partial charge in [0, 0.05) is 45.3 Å². The van der Waals surface area contributed by atoms with E-state index in [0.717, 1.165) is 58.3 Å². The molecule has 1 aromatic carbocycles. The maximum atomic E-state index is 13.7. The molecule has 5 heteroatoms. The highest BCUT2D eigenvalue weighted by Crippen LogP contribution is 2.21. The minimum Gasteiger partial charge on any atom is -0.367 e. The van der Waals surface area contributed by atoms with Gasteiger partial charge < -0.3 is 10.2 Å². The predicted molar refractivity (Wildman–Crippen MR) is 78.2 cm³/mol. The lowest BCUT2D eigenvalue weighted by Crippen LogP contribution is -2.48. The van der Waals surface area contributed by atoms with Crippen LogP contribution in [0.25, 0.3) is 0 Å². The lowest BCUT2D eigenvalue weighted by atomic mass is 10.2. The molecule has 0 aromatic heterocycles. The summed E-state index contributed by atoms with van der Waals surface area (Å²) in [7, 11) is 0. The van der Waals surface area contributed by atoms with Gasteiger partial charge in [-0.05, 0) is 25.1 Å². The van der Waals surface area contributed by atoms with Crippen molar-refractivity contribution in [1.29, 1.82) is 0 Å². The van der Waals surface area contributed by atoms with Crippen LogP contribution in [0.5, 0.6) is 0 Å². The van der Waals surface area contributed by atoms with E-state index in [0.29, 0.717) is 5.69 Å². The van der Waals surface area contributed by atoms with Crippen molar-refractivity contribution in [3.63, 3.8) is 0 Å². The number of anilines is 1. The van der Waals surface area contributed by atoms with Crippen LogP contribution in [-0.2, 0) is 0 Å². The van der Waals surface area contributed by atoms with E-state index in [-0.39, 0.29) is 0 Å². The second-order valence-corrected chi connectivity index (χ2v) is 5.17. The molecule has 0 atom stereocenters. The van der Waals surface area contributed by atoms with Gasteiger partial charge in [0.1, 0.15) is 11.6 Å². The molecule has 1 heterocycles. The molecular weight excluding hydrogens is 260 g/mol. The minimum absolute atomic E-state index is 0.469. The van der Waals surface area contributed by atoms with Crippen LogP contribution < -0.4 is 10.2 Å². The van der Waals surface area contributed by atoms with Gasteiger partial charge in [-0.2, -0.15) is 0 Å². The Morgan fingerprint density at radius 3 is 2.50 bits per heavy atom. The molecule has 1 saturated heterocycles. The fourth-order valence-electron chi connectivity index (χ4n) is 2.49. The van der Waals surface area contributed by atoms with Gasteiger partial charge in [-0.1, -0.05) is 6.92 Å². The molecule has 0 amide bonds. The van der Waals surface area contributed by atoms with Crippen LogP contribution in [0.1, 0.15) is 13.3 Å². The van der Waals surface area contributed by atoms with Gasteiger partial charge in [0.15, 0.2) is 0 Å². The summed E-state index contributed by atoms with van der Waals surface area (Å²) in [4.78, 5) is 4.37. The lowest BCUT2D eigenvalue weighted by molar-refractivity contribution is 0.257. The number of hydrogen-bond donors (Lipinski definition) is 1. The van der Waals surface area contributed by atoms with Crippen molar-refractivity contribution in [2.24, 2.45) is 0 Å². The van der Waals surface area contributed by atoms with Crippen molar-refractivity contribution in [3.8, 4) is 0 Å². The predicted octanol–water partition coefficient (Wildman–Crippen LogP) is 2.09. The highest BCUT2D eigenvalue weighted by atomic mass is 19.1. The fraction of sp³-hybridized carbons (Fsp3) is 0.600. The van der Waals surface area contributed by atoms with Crippen LogP contribution in [0.4, 0.5) is 14.5 Å². The first-order valence-electron chi connectivity index (χ1n) is 7.33. The zero-order chi connectivity index (χ0) is 14.4. The molecule has 2 rings (SSSR count). The highest BCUT2D eigenvalue weighted by Gasteiger charge is 2.19. The summed E-state index contributed by atoms with van der Waals surface area (Å²) in [5.41, 5.74) is 0.509. The van der Waals surface area contributed by atoms with E-state index in [2.05, 4.69) is 17.1 Å². The van der Waals surface area contributed by atoms with Crippen LogP contribution in [0, 0.1) is 11.6 Å². The van der Waals surface area contributed by atoms with Crippen molar-refractivity contribution in [2.75, 3.05) is 50.7 Å². The van der Waals surface area contributed by atoms with E-state index in [4.69, 9.17) is 0 Å². The molecule has 112 valence electrons. The zero-order valence-corrected chi connectivity index (χ0v) is 12.0. The fourth-order valence-corrected chi connectivity index (χ4v) is 2.49. The number of halogens is 2. The topological polar surface area (TPSA) is 18.5 Å². The molecule has 1 fully saturated rings. The maximum Gasteiger partial charge on any atom is 0.149 e. The number of nitrogens with one attached hydrogen (secondary N) is 1. The Labute approximate surface area is 119 Å². The van der Waals surface area contributed by atoms with Crippen molar-refractivity contribution >= 4 is 5.69 Å². The molecule has 1 aliphatic heterocycles. The van der Waals surface area contributed by atoms with E-state index < -0.39 is 11.6 Å². The average molecular weight is 283 g/mol. The van der Waals surface area contributed by atoms with Gasteiger partial charge in [-0.3, -0.25) is 4.90 Å². The van der Waals surface area contributed by atoms with E-state index in [1.807, 2.05) is 4.90 Å². The minimum atomic E-state index is -0.521. The third-order valence-corrected chi connectivity index (χ3v) is 3.65. The van der Waals surface area contributed by atoms with Crippen LogP contribution in [-0.4, -0.2) is 50.7 Å². The SMILES string of the molecule is CCCNCCN1CCN(c2ccc(F)cc2F)CC1. The molecule has 1 aliphatic rings. The number of hydrogen-bond acceptors (Lipinski definition) is 3. The molecule has 0 aliphatic carbocycles. The number of benzene rings is 1. The van der Waals surface area contributed by atoms with Gasteiger partial charge in [-0.15, -0.1) is 0 Å². The molecule has 3 nitrogen and oxygen atoms in total. The van der Waals surface area contributed by atoms with E-state index in [1.165, 1.54) is 12.1 Å². The van der Waals surface area contributed by atoms with Gasteiger partial charge >= 0.3 is 0 Å². The maximum absolute atomic E-state index is 13.7. The Hall–Kier alpha value is -1.20. The number of piperazine rings is 1. The first-order chi connectivity index (χ1) is 9.70. The van der Waals surface area contributed by atoms with Crippen molar-refractivity contribution in [2.45, 2.75) is 13.3 Å². The van der Waals surface area contributed by atoms with Crippen molar-refractivity contribution in [1.82, 2.24) is 10.2 Å². The van der Waals surface area contributed by atoms with Gasteiger partial charge in [0.25, 0.3) is 0 Å². The Morgan fingerprint density at radius 2 is 1.85 bits per heavy atom. The third kappa shape index (κ3) is 4.15. The Bertz CT molecular complexity index is 418. The van der Waals surface area contributed by atoms with Crippen molar-refractivity contribution < 1.29 is 8.78 Å². The smallest absolute Gasteiger partial charge is 0.149 e. The second-order valence-electron chi connectivity index (χ2n) is 5.17. The summed E-state index contributed by atoms with van der Waals surface area (Å²) in [6, 6.07) is 3.80. The third-order valence-electron chi connectivity index (χ3n) is 3.65. The van der Waals surface area contributed by atoms with Gasteiger partial charge in [-0.25, -0.2) is 8.78 Å². The summed E-state index contributed by atoms with van der Waals surface area (Å²) < 4.78 is 26.6. The van der Waals surface area contributed by atoms with Gasteiger partial charge in [0.05, 0.1) is 5.69 Å². The quantitative estimate of drug-likeness (QED) is 0.807. The molecule has 1 aromatic rings. The molecule has 0 radical (unpaired) electrons. The van der Waals surface area contributed by atoms with Crippen molar-refractivity contribution in [3.05, 3.63) is 29.8 Å². The Balaban J connectivity index is 1.79. The molecule has 1 N–H and O–H groups in total. The summed E-state index contributed by atoms with van der Waals surface area (Å²) >= 11 is 0. The summed E-state index contributed by atoms with van der Waals surface area (Å²) in [5, 5.41) is 3.38. The molecule has 0 spiro atoms. The van der Waals surface area contributed by atoms with E-state index in [1.54, 1.807) is 0 Å². The highest BCUT2D eigenvalue weighted by molar-refractivity contribution is 5.48. The standard InChI is InChI=1S/C15H23F2N3/c1-2-5-18-6-7-19-8-10-20(11-9-19)15-4-3-13(16)12-14(15)17/h3-4,12,18H,2,5-11H2,1H3. The van der Waals surface area contributed by atoms with Crippen LogP contribution in [0.3, 0.4) is 0 Å². The molecule has 0 saturated carbocycles. The molecule has 20 heavy (non-hydrogen) atoms. The summed E-state index contributed by atoms with van der Waals surface area (Å²) in [6.45, 7) is 8.66. The van der Waals surface area contributed by atoms with Crippen LogP contribution in [0.2, 0.25) is 0 Å². The first kappa shape index (κ1) is 15.2. The second kappa shape index (κ2) is 7.55. The van der Waals surface area contributed by atoms with E-state index in [9.17, 15) is 8.78 Å². The van der Waals surface area contributed by atoms with E-state index >= 15 is 0 Å².